The minimum Gasteiger partial charge on any atom is -0.493 e. The first kappa shape index (κ1) is 14.9. The number of aromatic nitrogens is 1. The first-order valence-electron chi connectivity index (χ1n) is 5.93. The van der Waals surface area contributed by atoms with Crippen molar-refractivity contribution >= 4 is 21.5 Å². The summed E-state index contributed by atoms with van der Waals surface area (Å²) in [6.07, 6.45) is 1.42. The van der Waals surface area contributed by atoms with Gasteiger partial charge in [0.05, 0.1) is 19.9 Å². The number of anilines is 2. The predicted molar refractivity (Wildman–Crippen MR) is 79.0 cm³/mol. The van der Waals surface area contributed by atoms with Gasteiger partial charge in [0.2, 0.25) is 0 Å². The quantitative estimate of drug-likeness (QED) is 0.867. The number of hydrogen-bond acceptors (Lipinski definition) is 6. The van der Waals surface area contributed by atoms with Gasteiger partial charge in [-0.15, -0.1) is 0 Å². The number of sulfonamides is 1. The Kier molecular flexibility index (Phi) is 4.18. The zero-order valence-electron chi connectivity index (χ0n) is 11.5. The molecule has 8 heteroatoms. The number of ether oxygens (including phenoxy) is 2. The molecule has 0 aliphatic carbocycles. The molecule has 0 unspecified atom stereocenters. The average Bonchev–Trinajstić information content (AvgIpc) is 2.47. The SMILES string of the molecule is COc1ccc(NS(=O)(=O)c2cccnc2N)cc1OC. The van der Waals surface area contributed by atoms with E-state index in [0.29, 0.717) is 17.2 Å². The summed E-state index contributed by atoms with van der Waals surface area (Å²) in [6, 6.07) is 7.56. The van der Waals surface area contributed by atoms with E-state index >= 15 is 0 Å². The highest BCUT2D eigenvalue weighted by Crippen LogP contribution is 2.31. The van der Waals surface area contributed by atoms with Crippen LogP contribution in [0.5, 0.6) is 11.5 Å². The van der Waals surface area contributed by atoms with Crippen molar-refractivity contribution in [2.24, 2.45) is 0 Å². The van der Waals surface area contributed by atoms with Crippen molar-refractivity contribution in [3.63, 3.8) is 0 Å². The molecule has 0 atom stereocenters. The molecule has 3 N–H and O–H groups in total. The molecule has 0 fully saturated rings. The molecule has 0 spiro atoms. The fourth-order valence-electron chi connectivity index (χ4n) is 1.74. The number of methoxy groups -OCH3 is 2. The van der Waals surface area contributed by atoms with Gasteiger partial charge in [0, 0.05) is 12.3 Å². The van der Waals surface area contributed by atoms with Gasteiger partial charge in [0.25, 0.3) is 10.0 Å². The van der Waals surface area contributed by atoms with Crippen LogP contribution in [0.3, 0.4) is 0 Å². The van der Waals surface area contributed by atoms with E-state index in [0.717, 1.165) is 0 Å². The van der Waals surface area contributed by atoms with Crippen molar-refractivity contribution in [2.75, 3.05) is 24.7 Å². The highest BCUT2D eigenvalue weighted by Gasteiger charge is 2.18. The number of nitrogens with zero attached hydrogens (tertiary/aromatic N) is 1. The van der Waals surface area contributed by atoms with E-state index in [1.54, 1.807) is 12.1 Å². The second kappa shape index (κ2) is 5.88. The second-order valence-corrected chi connectivity index (χ2v) is 5.71. The summed E-state index contributed by atoms with van der Waals surface area (Å²) in [7, 11) is -0.857. The van der Waals surface area contributed by atoms with Gasteiger partial charge in [-0.05, 0) is 24.3 Å². The van der Waals surface area contributed by atoms with Crippen LogP contribution in [0.1, 0.15) is 0 Å². The first-order chi connectivity index (χ1) is 9.97. The fraction of sp³-hybridized carbons (Fsp3) is 0.154. The van der Waals surface area contributed by atoms with Gasteiger partial charge in [0.1, 0.15) is 10.7 Å². The van der Waals surface area contributed by atoms with Gasteiger partial charge in [-0.3, -0.25) is 4.72 Å². The van der Waals surface area contributed by atoms with Crippen molar-refractivity contribution in [3.8, 4) is 11.5 Å². The highest BCUT2D eigenvalue weighted by atomic mass is 32.2. The van der Waals surface area contributed by atoms with E-state index in [1.807, 2.05) is 0 Å². The largest absolute Gasteiger partial charge is 0.493 e. The van der Waals surface area contributed by atoms with Crippen LogP contribution in [0.4, 0.5) is 11.5 Å². The summed E-state index contributed by atoms with van der Waals surface area (Å²) in [5.74, 6) is 0.851. The number of nitrogens with two attached hydrogens (primary N) is 1. The summed E-state index contributed by atoms with van der Waals surface area (Å²) in [5.41, 5.74) is 5.92. The summed E-state index contributed by atoms with van der Waals surface area (Å²) in [6.45, 7) is 0. The number of nitrogen functional groups attached to an aromatic ring is 1. The lowest BCUT2D eigenvalue weighted by Gasteiger charge is -2.12. The molecule has 2 aromatic rings. The predicted octanol–water partition coefficient (Wildman–Crippen LogP) is 1.48. The van der Waals surface area contributed by atoms with Crippen LogP contribution in [-0.4, -0.2) is 27.6 Å². The van der Waals surface area contributed by atoms with E-state index < -0.39 is 10.0 Å². The first-order valence-corrected chi connectivity index (χ1v) is 7.41. The molecule has 7 nitrogen and oxygen atoms in total. The molecule has 1 aromatic heterocycles. The van der Waals surface area contributed by atoms with Crippen LogP contribution in [0.15, 0.2) is 41.4 Å². The van der Waals surface area contributed by atoms with Gasteiger partial charge in [-0.1, -0.05) is 0 Å². The Balaban J connectivity index is 2.35. The number of rotatable bonds is 5. The molecule has 21 heavy (non-hydrogen) atoms. The molecular weight excluding hydrogens is 294 g/mol. The minimum absolute atomic E-state index is 0.0644. The van der Waals surface area contributed by atoms with E-state index in [1.165, 1.54) is 38.6 Å². The lowest BCUT2D eigenvalue weighted by molar-refractivity contribution is 0.355. The summed E-state index contributed by atoms with van der Waals surface area (Å²) < 4.78 is 37.2. The van der Waals surface area contributed by atoms with Crippen LogP contribution in [0, 0.1) is 0 Å². The molecule has 0 aliphatic rings. The van der Waals surface area contributed by atoms with Crippen LogP contribution in [-0.2, 0) is 10.0 Å². The van der Waals surface area contributed by atoms with Crippen molar-refractivity contribution in [3.05, 3.63) is 36.5 Å². The highest BCUT2D eigenvalue weighted by molar-refractivity contribution is 7.92. The maximum absolute atomic E-state index is 12.3. The second-order valence-electron chi connectivity index (χ2n) is 4.06. The maximum Gasteiger partial charge on any atom is 0.265 e. The van der Waals surface area contributed by atoms with E-state index in [9.17, 15) is 8.42 Å². The molecule has 2 rings (SSSR count). The molecule has 112 valence electrons. The van der Waals surface area contributed by atoms with Gasteiger partial charge in [0.15, 0.2) is 11.5 Å². The van der Waals surface area contributed by atoms with Gasteiger partial charge in [-0.25, -0.2) is 13.4 Å². The van der Waals surface area contributed by atoms with Crippen LogP contribution in [0.2, 0.25) is 0 Å². The van der Waals surface area contributed by atoms with E-state index in [4.69, 9.17) is 15.2 Å². The Hall–Kier alpha value is -2.48. The van der Waals surface area contributed by atoms with Crippen LogP contribution in [0.25, 0.3) is 0 Å². The lowest BCUT2D eigenvalue weighted by atomic mass is 10.3. The van der Waals surface area contributed by atoms with Crippen LogP contribution < -0.4 is 19.9 Å². The van der Waals surface area contributed by atoms with Crippen LogP contribution >= 0.6 is 0 Å². The lowest BCUT2D eigenvalue weighted by Crippen LogP contribution is -2.15. The third-order valence-electron chi connectivity index (χ3n) is 2.73. The normalized spacial score (nSPS) is 11.0. The Bertz CT molecular complexity index is 747. The van der Waals surface area contributed by atoms with Crippen molar-refractivity contribution in [2.45, 2.75) is 4.90 Å². The number of hydrogen-bond donors (Lipinski definition) is 2. The molecule has 0 bridgehead atoms. The van der Waals surface area contributed by atoms with E-state index in [2.05, 4.69) is 9.71 Å². The molecule has 0 saturated heterocycles. The maximum atomic E-state index is 12.3. The Morgan fingerprint density at radius 1 is 1.14 bits per heavy atom. The van der Waals surface area contributed by atoms with Gasteiger partial charge in [-0.2, -0.15) is 0 Å². The molecule has 0 amide bonds. The molecule has 1 aromatic carbocycles. The Labute approximate surface area is 122 Å². The molecule has 0 radical (unpaired) electrons. The van der Waals surface area contributed by atoms with Crippen molar-refractivity contribution < 1.29 is 17.9 Å². The smallest absolute Gasteiger partial charge is 0.265 e. The molecule has 0 aliphatic heterocycles. The zero-order valence-corrected chi connectivity index (χ0v) is 12.3. The third kappa shape index (κ3) is 3.16. The Morgan fingerprint density at radius 3 is 2.48 bits per heavy atom. The summed E-state index contributed by atoms with van der Waals surface area (Å²) in [5, 5.41) is 0. The third-order valence-corrected chi connectivity index (χ3v) is 4.15. The monoisotopic (exact) mass is 309 g/mol. The molecular formula is C13H15N3O4S. The fourth-order valence-corrected chi connectivity index (χ4v) is 2.87. The van der Waals surface area contributed by atoms with Gasteiger partial charge < -0.3 is 15.2 Å². The number of benzene rings is 1. The van der Waals surface area contributed by atoms with Crippen molar-refractivity contribution in [1.82, 2.24) is 4.98 Å². The summed E-state index contributed by atoms with van der Waals surface area (Å²) >= 11 is 0. The summed E-state index contributed by atoms with van der Waals surface area (Å²) in [4.78, 5) is 3.68. The average molecular weight is 309 g/mol. The standard InChI is InChI=1S/C13H15N3O4S/c1-19-10-6-5-9(8-11(10)20-2)16-21(17,18)12-4-3-7-15-13(12)14/h3-8,16H,1-2H3,(H2,14,15). The number of pyridine rings is 1. The van der Waals surface area contributed by atoms with Gasteiger partial charge >= 0.3 is 0 Å². The van der Waals surface area contributed by atoms with E-state index in [-0.39, 0.29) is 10.7 Å². The number of nitrogens with one attached hydrogen (secondary N) is 1. The zero-order chi connectivity index (χ0) is 15.5. The molecule has 1 heterocycles. The Morgan fingerprint density at radius 2 is 1.86 bits per heavy atom. The topological polar surface area (TPSA) is 104 Å². The minimum atomic E-state index is -3.82. The van der Waals surface area contributed by atoms with Crippen molar-refractivity contribution in [1.29, 1.82) is 0 Å². The molecule has 0 saturated carbocycles.